The number of allylic oxidation sites excluding steroid dienone is 3. The Hall–Kier alpha value is -2.99. The summed E-state index contributed by atoms with van der Waals surface area (Å²) in [4.78, 5) is 16.2. The van der Waals surface area contributed by atoms with Crippen molar-refractivity contribution in [2.75, 3.05) is 13.1 Å². The number of carbonyl (C=O) groups is 1. The van der Waals surface area contributed by atoms with Crippen LogP contribution in [0.2, 0.25) is 0 Å². The van der Waals surface area contributed by atoms with Crippen LogP contribution in [0.3, 0.4) is 0 Å². The second-order valence-electron chi connectivity index (χ2n) is 8.67. The quantitative estimate of drug-likeness (QED) is 0.536. The molecule has 1 aromatic carbocycles. The molecule has 1 aliphatic heterocycles. The normalized spacial score (nSPS) is 17.1. The SMILES string of the molecule is C=C(/C=C\Cc1noc(CCC2CCCC2)n1)c1ccc(C(=O)O)c(C2=CCNCC2)c1. The first-order valence-electron chi connectivity index (χ1n) is 11.5. The standard InChI is InChI=1S/C26H31N3O3/c1-18(5-4-8-24-28-25(32-29-24)12-9-19-6-2-3-7-19)21-10-11-22(26(30)31)23(17-21)20-13-15-27-16-14-20/h4-5,10-11,13,17,19,27H,1-3,6-9,12,14-16H2,(H,30,31)/b5-4-. The van der Waals surface area contributed by atoms with E-state index in [-0.39, 0.29) is 0 Å². The lowest BCUT2D eigenvalue weighted by Gasteiger charge is -2.17. The number of nitrogens with one attached hydrogen (secondary N) is 1. The topological polar surface area (TPSA) is 88.2 Å². The van der Waals surface area contributed by atoms with Crippen LogP contribution in [0.4, 0.5) is 0 Å². The first-order valence-corrected chi connectivity index (χ1v) is 11.5. The summed E-state index contributed by atoms with van der Waals surface area (Å²) in [6.45, 7) is 5.77. The minimum atomic E-state index is -0.909. The van der Waals surface area contributed by atoms with Gasteiger partial charge in [0.2, 0.25) is 5.89 Å². The lowest BCUT2D eigenvalue weighted by Crippen LogP contribution is -2.20. The van der Waals surface area contributed by atoms with Gasteiger partial charge in [0, 0.05) is 19.4 Å². The lowest BCUT2D eigenvalue weighted by molar-refractivity contribution is 0.0696. The summed E-state index contributed by atoms with van der Waals surface area (Å²) in [5.41, 5.74) is 3.90. The molecule has 1 saturated carbocycles. The number of rotatable bonds is 9. The molecule has 0 spiro atoms. The summed E-state index contributed by atoms with van der Waals surface area (Å²) in [5, 5.41) is 17.0. The number of hydrogen-bond acceptors (Lipinski definition) is 5. The van der Waals surface area contributed by atoms with Crippen LogP contribution in [-0.2, 0) is 12.8 Å². The Kier molecular flexibility index (Phi) is 7.32. The van der Waals surface area contributed by atoms with E-state index in [1.807, 2.05) is 24.3 Å². The van der Waals surface area contributed by atoms with Gasteiger partial charge in [-0.05, 0) is 59.7 Å². The molecule has 32 heavy (non-hydrogen) atoms. The van der Waals surface area contributed by atoms with Crippen molar-refractivity contribution in [2.24, 2.45) is 5.92 Å². The van der Waals surface area contributed by atoms with Crippen LogP contribution in [0.5, 0.6) is 0 Å². The van der Waals surface area contributed by atoms with E-state index >= 15 is 0 Å². The zero-order valence-electron chi connectivity index (χ0n) is 18.5. The Morgan fingerprint density at radius 2 is 2.16 bits per heavy atom. The van der Waals surface area contributed by atoms with Crippen LogP contribution >= 0.6 is 0 Å². The maximum absolute atomic E-state index is 11.7. The third kappa shape index (κ3) is 5.62. The van der Waals surface area contributed by atoms with E-state index in [1.165, 1.54) is 25.7 Å². The van der Waals surface area contributed by atoms with E-state index in [0.29, 0.717) is 17.8 Å². The minimum absolute atomic E-state index is 0.329. The molecule has 168 valence electrons. The molecule has 0 bridgehead atoms. The molecular weight excluding hydrogens is 402 g/mol. The number of carboxylic acids is 1. The highest BCUT2D eigenvalue weighted by molar-refractivity contribution is 5.95. The molecule has 0 radical (unpaired) electrons. The van der Waals surface area contributed by atoms with Crippen molar-refractivity contribution in [1.82, 2.24) is 15.5 Å². The third-order valence-corrected chi connectivity index (χ3v) is 6.40. The zero-order valence-corrected chi connectivity index (χ0v) is 18.5. The highest BCUT2D eigenvalue weighted by atomic mass is 16.5. The maximum Gasteiger partial charge on any atom is 0.336 e. The molecule has 1 aromatic heterocycles. The van der Waals surface area contributed by atoms with Crippen molar-refractivity contribution in [3.8, 4) is 0 Å². The third-order valence-electron chi connectivity index (χ3n) is 6.40. The fraction of sp³-hybridized carbons (Fsp3) is 0.423. The average Bonchev–Trinajstić information content (AvgIpc) is 3.50. The fourth-order valence-corrected chi connectivity index (χ4v) is 4.57. The van der Waals surface area contributed by atoms with E-state index in [2.05, 4.69) is 28.1 Å². The molecule has 2 heterocycles. The number of aromatic carboxylic acids is 1. The van der Waals surface area contributed by atoms with Gasteiger partial charge in [-0.1, -0.05) is 61.7 Å². The van der Waals surface area contributed by atoms with Gasteiger partial charge in [0.05, 0.1) is 5.56 Å². The molecule has 0 saturated heterocycles. The zero-order chi connectivity index (χ0) is 22.3. The molecule has 0 amide bonds. The van der Waals surface area contributed by atoms with Gasteiger partial charge in [0.15, 0.2) is 5.82 Å². The maximum atomic E-state index is 11.7. The first-order chi connectivity index (χ1) is 15.6. The molecule has 6 nitrogen and oxygen atoms in total. The summed E-state index contributed by atoms with van der Waals surface area (Å²) in [5.74, 6) is 1.31. The van der Waals surface area contributed by atoms with Gasteiger partial charge in [-0.15, -0.1) is 0 Å². The summed E-state index contributed by atoms with van der Waals surface area (Å²) in [6.07, 6.45) is 14.7. The Balaban J connectivity index is 1.38. The molecule has 1 fully saturated rings. The Labute approximate surface area is 189 Å². The van der Waals surface area contributed by atoms with Gasteiger partial charge in [0.25, 0.3) is 0 Å². The molecule has 1 aliphatic carbocycles. The van der Waals surface area contributed by atoms with Crippen LogP contribution in [0.15, 0.2) is 47.5 Å². The van der Waals surface area contributed by atoms with Gasteiger partial charge in [-0.2, -0.15) is 4.98 Å². The molecule has 6 heteroatoms. The van der Waals surface area contributed by atoms with Crippen LogP contribution in [0.1, 0.15) is 71.7 Å². The highest BCUT2D eigenvalue weighted by Crippen LogP contribution is 2.29. The van der Waals surface area contributed by atoms with E-state index in [4.69, 9.17) is 4.52 Å². The number of aromatic nitrogens is 2. The van der Waals surface area contributed by atoms with Gasteiger partial charge in [-0.3, -0.25) is 0 Å². The first kappa shape index (κ1) is 22.2. The molecular formula is C26H31N3O3. The summed E-state index contributed by atoms with van der Waals surface area (Å²) in [7, 11) is 0. The lowest BCUT2D eigenvalue weighted by atomic mass is 9.92. The molecule has 0 atom stereocenters. The van der Waals surface area contributed by atoms with Crippen molar-refractivity contribution in [3.63, 3.8) is 0 Å². The Morgan fingerprint density at radius 3 is 2.91 bits per heavy atom. The summed E-state index contributed by atoms with van der Waals surface area (Å²) in [6, 6.07) is 5.42. The second-order valence-corrected chi connectivity index (χ2v) is 8.67. The average molecular weight is 434 g/mol. The molecule has 2 aliphatic rings. The minimum Gasteiger partial charge on any atom is -0.478 e. The summed E-state index contributed by atoms with van der Waals surface area (Å²) >= 11 is 0. The number of benzene rings is 1. The summed E-state index contributed by atoms with van der Waals surface area (Å²) < 4.78 is 5.40. The fourth-order valence-electron chi connectivity index (χ4n) is 4.57. The van der Waals surface area contributed by atoms with Crippen LogP contribution in [0.25, 0.3) is 11.1 Å². The molecule has 4 rings (SSSR count). The number of carboxylic acid groups (broad SMARTS) is 1. The van der Waals surface area contributed by atoms with Crippen molar-refractivity contribution in [2.45, 2.75) is 51.4 Å². The predicted molar refractivity (Wildman–Crippen MR) is 125 cm³/mol. The van der Waals surface area contributed by atoms with Gasteiger partial charge < -0.3 is 14.9 Å². The smallest absolute Gasteiger partial charge is 0.336 e. The van der Waals surface area contributed by atoms with Crippen LogP contribution < -0.4 is 5.32 Å². The Bertz CT molecular complexity index is 1030. The number of aryl methyl sites for hydroxylation is 1. The van der Waals surface area contributed by atoms with E-state index in [9.17, 15) is 9.90 Å². The van der Waals surface area contributed by atoms with E-state index in [0.717, 1.165) is 66.4 Å². The van der Waals surface area contributed by atoms with E-state index < -0.39 is 5.97 Å². The van der Waals surface area contributed by atoms with E-state index in [1.54, 1.807) is 6.07 Å². The molecule has 0 unspecified atom stereocenters. The van der Waals surface area contributed by atoms with Crippen LogP contribution in [-0.4, -0.2) is 34.3 Å². The van der Waals surface area contributed by atoms with Gasteiger partial charge in [-0.25, -0.2) is 4.79 Å². The molecule has 2 N–H and O–H groups in total. The highest BCUT2D eigenvalue weighted by Gasteiger charge is 2.17. The van der Waals surface area contributed by atoms with Crippen molar-refractivity contribution < 1.29 is 14.4 Å². The van der Waals surface area contributed by atoms with Crippen LogP contribution in [0, 0.1) is 5.92 Å². The number of nitrogens with zero attached hydrogens (tertiary/aromatic N) is 2. The predicted octanol–water partition coefficient (Wildman–Crippen LogP) is 5.08. The number of hydrogen-bond donors (Lipinski definition) is 2. The molecule has 2 aromatic rings. The van der Waals surface area contributed by atoms with Crippen molar-refractivity contribution in [3.05, 3.63) is 71.4 Å². The van der Waals surface area contributed by atoms with Crippen molar-refractivity contribution >= 4 is 17.1 Å². The van der Waals surface area contributed by atoms with Crippen molar-refractivity contribution in [1.29, 1.82) is 0 Å². The second kappa shape index (κ2) is 10.6. The van der Waals surface area contributed by atoms with Gasteiger partial charge in [0.1, 0.15) is 0 Å². The monoisotopic (exact) mass is 433 g/mol. The Morgan fingerprint density at radius 1 is 1.31 bits per heavy atom. The van der Waals surface area contributed by atoms with Gasteiger partial charge >= 0.3 is 5.97 Å². The largest absolute Gasteiger partial charge is 0.478 e.